The molecular formula is C28H39NO2. The van der Waals surface area contributed by atoms with Crippen LogP contribution in [0.2, 0.25) is 0 Å². The lowest BCUT2D eigenvalue weighted by Gasteiger charge is -2.55. The van der Waals surface area contributed by atoms with Crippen LogP contribution in [-0.2, 0) is 4.79 Å². The molecule has 3 nitrogen and oxygen atoms in total. The van der Waals surface area contributed by atoms with Gasteiger partial charge in [0.25, 0.3) is 0 Å². The van der Waals surface area contributed by atoms with Crippen LogP contribution in [0.1, 0.15) is 83.6 Å². The van der Waals surface area contributed by atoms with E-state index in [4.69, 9.17) is 0 Å². The minimum atomic E-state index is -0.167. The highest BCUT2D eigenvalue weighted by molar-refractivity contribution is 5.82. The average molecular weight is 422 g/mol. The summed E-state index contributed by atoms with van der Waals surface area (Å²) in [6.07, 6.45) is 7.79. The average Bonchev–Trinajstić information content (AvgIpc) is 3.08. The van der Waals surface area contributed by atoms with E-state index in [1.807, 2.05) is 0 Å². The minimum absolute atomic E-state index is 0.0337. The third-order valence-corrected chi connectivity index (χ3v) is 9.60. The van der Waals surface area contributed by atoms with Crippen molar-refractivity contribution in [2.75, 3.05) is 18.0 Å². The second kappa shape index (κ2) is 8.06. The molecule has 0 amide bonds. The highest BCUT2D eigenvalue weighted by atomic mass is 16.3. The maximum Gasteiger partial charge on any atom is 0.137 e. The van der Waals surface area contributed by atoms with E-state index in [1.54, 1.807) is 5.57 Å². The molecule has 0 spiro atoms. The molecule has 4 aliphatic rings. The Bertz CT molecular complexity index is 868. The molecular weight excluding hydrogens is 382 g/mol. The number of Topliss-reactive ketones (excluding diaryl/α,β-unsaturated/α-hetero) is 1. The van der Waals surface area contributed by atoms with Gasteiger partial charge < -0.3 is 10.0 Å². The number of benzene rings is 1. The van der Waals surface area contributed by atoms with E-state index in [0.717, 1.165) is 45.2 Å². The number of fused-ring (bicyclic) bond motifs is 4. The third-order valence-electron chi connectivity index (χ3n) is 9.60. The number of ketones is 1. The van der Waals surface area contributed by atoms with Gasteiger partial charge in [0.1, 0.15) is 5.78 Å². The van der Waals surface area contributed by atoms with Gasteiger partial charge >= 0.3 is 0 Å². The first-order valence-electron chi connectivity index (χ1n) is 12.7. The Labute approximate surface area is 187 Å². The first kappa shape index (κ1) is 21.2. The van der Waals surface area contributed by atoms with Crippen molar-refractivity contribution >= 4 is 11.5 Å². The summed E-state index contributed by atoms with van der Waals surface area (Å²) >= 11 is 0. The number of hydrogen-bond acceptors (Lipinski definition) is 3. The minimum Gasteiger partial charge on any atom is -0.393 e. The molecule has 2 saturated carbocycles. The Hall–Kier alpha value is -1.61. The summed E-state index contributed by atoms with van der Waals surface area (Å²) in [4.78, 5) is 14.6. The Morgan fingerprint density at radius 3 is 2.48 bits per heavy atom. The molecule has 6 atom stereocenters. The summed E-state index contributed by atoms with van der Waals surface area (Å²) in [6, 6.07) is 9.34. The SMILES string of the molecule is CCN(CC)c1ccc([C@H]2C[C@]3(C)C(O)CC[C@H]3[C@@H]3CCC4=C(CCC(=O)C4)[C@H]32)cc1. The van der Waals surface area contributed by atoms with Crippen LogP contribution in [0, 0.1) is 23.2 Å². The number of aliphatic hydroxyl groups is 1. The van der Waals surface area contributed by atoms with Gasteiger partial charge in [-0.25, -0.2) is 0 Å². The van der Waals surface area contributed by atoms with E-state index in [2.05, 4.69) is 49.9 Å². The van der Waals surface area contributed by atoms with Gasteiger partial charge in [0.2, 0.25) is 0 Å². The molecule has 0 bridgehead atoms. The van der Waals surface area contributed by atoms with Gasteiger partial charge in [-0.05, 0) is 99.2 Å². The van der Waals surface area contributed by atoms with Crippen molar-refractivity contribution in [2.24, 2.45) is 23.2 Å². The Morgan fingerprint density at radius 2 is 1.77 bits per heavy atom. The first-order valence-corrected chi connectivity index (χ1v) is 12.7. The number of carbonyl (C=O) groups excluding carboxylic acids is 1. The van der Waals surface area contributed by atoms with E-state index in [-0.39, 0.29) is 11.5 Å². The van der Waals surface area contributed by atoms with Crippen LogP contribution >= 0.6 is 0 Å². The van der Waals surface area contributed by atoms with Crippen molar-refractivity contribution in [2.45, 2.75) is 84.2 Å². The Kier molecular flexibility index (Phi) is 5.53. The topological polar surface area (TPSA) is 40.5 Å². The van der Waals surface area contributed by atoms with E-state index >= 15 is 0 Å². The van der Waals surface area contributed by atoms with E-state index in [9.17, 15) is 9.90 Å². The fourth-order valence-corrected chi connectivity index (χ4v) is 8.00. The monoisotopic (exact) mass is 421 g/mol. The van der Waals surface area contributed by atoms with Crippen molar-refractivity contribution in [3.63, 3.8) is 0 Å². The van der Waals surface area contributed by atoms with Crippen molar-refractivity contribution < 1.29 is 9.90 Å². The molecule has 1 unspecified atom stereocenters. The highest BCUT2D eigenvalue weighted by Crippen LogP contribution is 2.64. The number of carbonyl (C=O) groups is 1. The van der Waals surface area contributed by atoms with E-state index < -0.39 is 0 Å². The predicted octanol–water partition coefficient (Wildman–Crippen LogP) is 5.87. The second-order valence-corrected chi connectivity index (χ2v) is 10.9. The van der Waals surface area contributed by atoms with Gasteiger partial charge in [-0.15, -0.1) is 0 Å². The normalized spacial score (nSPS) is 37.3. The molecule has 1 aromatic rings. The van der Waals surface area contributed by atoms with Crippen molar-refractivity contribution in [3.05, 3.63) is 41.0 Å². The van der Waals surface area contributed by atoms with Gasteiger partial charge in [-0.3, -0.25) is 4.79 Å². The number of anilines is 1. The highest BCUT2D eigenvalue weighted by Gasteiger charge is 2.58. The number of nitrogens with zero attached hydrogens (tertiary/aromatic N) is 1. The second-order valence-electron chi connectivity index (χ2n) is 10.9. The molecule has 168 valence electrons. The smallest absolute Gasteiger partial charge is 0.137 e. The van der Waals surface area contributed by atoms with Gasteiger partial charge in [0.15, 0.2) is 0 Å². The number of aliphatic hydroxyl groups excluding tert-OH is 1. The van der Waals surface area contributed by atoms with Crippen LogP contribution in [0.3, 0.4) is 0 Å². The van der Waals surface area contributed by atoms with Crippen molar-refractivity contribution in [1.29, 1.82) is 0 Å². The summed E-state index contributed by atoms with van der Waals surface area (Å²) < 4.78 is 0. The van der Waals surface area contributed by atoms with Gasteiger partial charge in [0, 0.05) is 31.6 Å². The molecule has 4 aliphatic carbocycles. The lowest BCUT2D eigenvalue weighted by atomic mass is 9.50. The summed E-state index contributed by atoms with van der Waals surface area (Å²) in [5.41, 5.74) is 5.89. The molecule has 31 heavy (non-hydrogen) atoms. The predicted molar refractivity (Wildman–Crippen MR) is 126 cm³/mol. The van der Waals surface area contributed by atoms with Crippen LogP contribution in [-0.4, -0.2) is 30.1 Å². The molecule has 0 radical (unpaired) electrons. The third kappa shape index (κ3) is 3.39. The van der Waals surface area contributed by atoms with Crippen LogP contribution in [0.25, 0.3) is 0 Å². The molecule has 0 aromatic heterocycles. The maximum absolute atomic E-state index is 12.2. The zero-order valence-electron chi connectivity index (χ0n) is 19.6. The zero-order valence-corrected chi connectivity index (χ0v) is 19.6. The van der Waals surface area contributed by atoms with Crippen LogP contribution in [0.5, 0.6) is 0 Å². The lowest BCUT2D eigenvalue weighted by molar-refractivity contribution is -0.119. The molecule has 2 fully saturated rings. The van der Waals surface area contributed by atoms with Crippen LogP contribution in [0.4, 0.5) is 5.69 Å². The standard InChI is InChI=1S/C28H39NO2/c1-4-29(5-2)20-9-6-18(7-10-20)24-17-28(3)25(14-15-26(28)31)23-12-8-19-16-21(30)11-13-22(19)27(23)24/h6-7,9-10,23-27,31H,4-5,8,11-17H2,1-3H3/t23-,24+,25-,26?,27+,28-/m0/s1. The van der Waals surface area contributed by atoms with Crippen LogP contribution in [0.15, 0.2) is 35.4 Å². The molecule has 5 rings (SSSR count). The van der Waals surface area contributed by atoms with E-state index in [0.29, 0.717) is 35.9 Å². The Morgan fingerprint density at radius 1 is 1.03 bits per heavy atom. The van der Waals surface area contributed by atoms with Crippen LogP contribution < -0.4 is 4.90 Å². The van der Waals surface area contributed by atoms with E-state index in [1.165, 1.54) is 29.7 Å². The summed E-state index contributed by atoms with van der Waals surface area (Å²) in [6.45, 7) is 8.86. The summed E-state index contributed by atoms with van der Waals surface area (Å²) in [7, 11) is 0. The lowest BCUT2D eigenvalue weighted by Crippen LogP contribution is -2.48. The number of rotatable bonds is 4. The molecule has 0 aliphatic heterocycles. The molecule has 3 heteroatoms. The fourth-order valence-electron chi connectivity index (χ4n) is 8.00. The molecule has 1 aromatic carbocycles. The Balaban J connectivity index is 1.55. The van der Waals surface area contributed by atoms with Gasteiger partial charge in [-0.2, -0.15) is 0 Å². The maximum atomic E-state index is 12.2. The van der Waals surface area contributed by atoms with Crippen molar-refractivity contribution in [1.82, 2.24) is 0 Å². The summed E-state index contributed by atoms with van der Waals surface area (Å²) in [5, 5.41) is 11.0. The quantitative estimate of drug-likeness (QED) is 0.618. The summed E-state index contributed by atoms with van der Waals surface area (Å²) in [5.74, 6) is 2.76. The molecule has 0 saturated heterocycles. The largest absolute Gasteiger partial charge is 0.393 e. The fraction of sp³-hybridized carbons (Fsp3) is 0.679. The molecule has 0 heterocycles. The van der Waals surface area contributed by atoms with Gasteiger partial charge in [-0.1, -0.05) is 30.2 Å². The molecule has 1 N–H and O–H groups in total. The van der Waals surface area contributed by atoms with Gasteiger partial charge in [0.05, 0.1) is 6.10 Å². The first-order chi connectivity index (χ1) is 15.0. The zero-order chi connectivity index (χ0) is 21.8. The van der Waals surface area contributed by atoms with Crippen molar-refractivity contribution in [3.8, 4) is 0 Å². The number of hydrogen-bond donors (Lipinski definition) is 1. The number of allylic oxidation sites excluding steroid dienone is 2.